The molecule has 9 atom stereocenters. The zero-order valence-electron chi connectivity index (χ0n) is 23.6. The smallest absolute Gasteiger partial charge is 0.115 e. The van der Waals surface area contributed by atoms with Crippen LogP contribution < -0.4 is 4.84 Å². The first-order chi connectivity index (χ1) is 17.1. The van der Waals surface area contributed by atoms with Crippen LogP contribution in [-0.2, 0) is 0 Å². The van der Waals surface area contributed by atoms with Crippen LogP contribution in [0.2, 0.25) is 0 Å². The third-order valence-corrected chi connectivity index (χ3v) is 11.9. The molecule has 2 N–H and O–H groups in total. The summed E-state index contributed by atoms with van der Waals surface area (Å²) < 4.78 is 2.02. The zero-order chi connectivity index (χ0) is 25.7. The second-order valence-electron chi connectivity index (χ2n) is 13.8. The van der Waals surface area contributed by atoms with Crippen molar-refractivity contribution in [2.24, 2.45) is 34.5 Å². The Balaban J connectivity index is 1.30. The molecule has 0 aromatic carbocycles. The number of hydrogen-bond acceptors (Lipinski definition) is 4. The Kier molecular flexibility index (Phi) is 7.33. The lowest BCUT2D eigenvalue weighted by Gasteiger charge is -2.64. The summed E-state index contributed by atoms with van der Waals surface area (Å²) in [5, 5.41) is 22.9. The minimum Gasteiger partial charge on any atom is -0.414 e. The Bertz CT molecular complexity index is 900. The predicted octanol–water partition coefficient (Wildman–Crippen LogP) is 5.50. The van der Waals surface area contributed by atoms with Crippen LogP contribution in [0.5, 0.6) is 0 Å². The second-order valence-corrected chi connectivity index (χ2v) is 13.8. The van der Waals surface area contributed by atoms with Crippen molar-refractivity contribution >= 4 is 0 Å². The topological polar surface area (TPSA) is 57.9 Å². The first-order valence-corrected chi connectivity index (χ1v) is 15.0. The van der Waals surface area contributed by atoms with Crippen LogP contribution in [0.3, 0.4) is 0 Å². The van der Waals surface area contributed by atoms with Crippen LogP contribution in [0, 0.1) is 34.5 Å². The maximum absolute atomic E-state index is 12.6. The van der Waals surface area contributed by atoms with E-state index in [4.69, 9.17) is 4.84 Å². The number of aliphatic hydroxyl groups excluding tert-OH is 1. The Hall–Kier alpha value is -1.04. The summed E-state index contributed by atoms with van der Waals surface area (Å²) >= 11 is 0. The van der Waals surface area contributed by atoms with Crippen LogP contribution in [0.4, 0.5) is 0 Å². The highest BCUT2D eigenvalue weighted by Gasteiger charge is 2.67. The van der Waals surface area contributed by atoms with Crippen molar-refractivity contribution in [2.45, 2.75) is 109 Å². The standard InChI is InChI=1S/C31H52N2O3/c1-22(28-9-8-19-33(28)36-20-7-6-18-32(4)5)25-14-17-31(35)27-11-10-23-21-24(34)12-15-29(23,2)26(27)13-16-30(25,31)3/h8-9,19,22-27,34-35H,6-7,10-18,20-21H2,1-5H3/t22?,23?,24?,25?,26-,27-,29+,30-,31-/m1/s1. The molecule has 4 fully saturated rings. The van der Waals surface area contributed by atoms with E-state index < -0.39 is 5.60 Å². The number of rotatable bonds is 8. The molecule has 204 valence electrons. The number of fused-ring (bicyclic) bond motifs is 5. The van der Waals surface area contributed by atoms with Gasteiger partial charge < -0.3 is 20.0 Å². The molecule has 0 amide bonds. The minimum absolute atomic E-state index is 0.0498. The lowest BCUT2D eigenvalue weighted by Crippen LogP contribution is -2.62. The highest BCUT2D eigenvalue weighted by Crippen LogP contribution is 2.70. The number of hydrogen-bond donors (Lipinski definition) is 2. The van der Waals surface area contributed by atoms with Crippen molar-refractivity contribution in [2.75, 3.05) is 27.2 Å². The van der Waals surface area contributed by atoms with E-state index in [-0.39, 0.29) is 16.9 Å². The Morgan fingerprint density at radius 2 is 1.86 bits per heavy atom. The van der Waals surface area contributed by atoms with Gasteiger partial charge in [0, 0.05) is 17.5 Å². The first kappa shape index (κ1) is 26.6. The molecule has 4 saturated carbocycles. The molecule has 1 aromatic rings. The van der Waals surface area contributed by atoms with Crippen molar-refractivity contribution in [3.63, 3.8) is 0 Å². The molecule has 4 aliphatic carbocycles. The van der Waals surface area contributed by atoms with Gasteiger partial charge >= 0.3 is 0 Å². The van der Waals surface area contributed by atoms with E-state index in [0.717, 1.165) is 70.9 Å². The molecule has 36 heavy (non-hydrogen) atoms. The van der Waals surface area contributed by atoms with Crippen molar-refractivity contribution in [3.05, 3.63) is 24.0 Å². The minimum atomic E-state index is -0.566. The molecular formula is C31H52N2O3. The van der Waals surface area contributed by atoms with E-state index in [2.05, 4.69) is 58.1 Å². The summed E-state index contributed by atoms with van der Waals surface area (Å²) in [5.41, 5.74) is 0.935. The summed E-state index contributed by atoms with van der Waals surface area (Å²) in [6, 6.07) is 4.35. The predicted molar refractivity (Wildman–Crippen MR) is 145 cm³/mol. The third kappa shape index (κ3) is 4.25. The molecule has 4 unspecified atom stereocenters. The van der Waals surface area contributed by atoms with Gasteiger partial charge in [-0.05, 0) is 132 Å². The van der Waals surface area contributed by atoms with Gasteiger partial charge in [0.2, 0.25) is 0 Å². The fraction of sp³-hybridized carbons (Fsp3) is 0.871. The number of aromatic nitrogens is 1. The lowest BCUT2D eigenvalue weighted by molar-refractivity contribution is -0.211. The van der Waals surface area contributed by atoms with Gasteiger partial charge in [0.15, 0.2) is 0 Å². The van der Waals surface area contributed by atoms with Crippen molar-refractivity contribution in [1.29, 1.82) is 0 Å². The van der Waals surface area contributed by atoms with E-state index in [1.54, 1.807) is 0 Å². The average Bonchev–Trinajstić information content (AvgIpc) is 3.41. The van der Waals surface area contributed by atoms with Crippen molar-refractivity contribution in [3.8, 4) is 0 Å². The number of nitrogens with zero attached hydrogens (tertiary/aromatic N) is 2. The molecular weight excluding hydrogens is 448 g/mol. The van der Waals surface area contributed by atoms with E-state index in [0.29, 0.717) is 29.6 Å². The number of unbranched alkanes of at least 4 members (excludes halogenated alkanes) is 1. The Labute approximate surface area is 219 Å². The van der Waals surface area contributed by atoms with E-state index in [1.807, 2.05) is 4.73 Å². The quantitative estimate of drug-likeness (QED) is 0.463. The molecule has 0 radical (unpaired) electrons. The van der Waals surface area contributed by atoms with Crippen LogP contribution >= 0.6 is 0 Å². The molecule has 1 aromatic heterocycles. The molecule has 0 spiro atoms. The molecule has 0 aliphatic heterocycles. The van der Waals surface area contributed by atoms with Crippen molar-refractivity contribution < 1.29 is 15.1 Å². The highest BCUT2D eigenvalue weighted by molar-refractivity contribution is 5.22. The van der Waals surface area contributed by atoms with Crippen LogP contribution in [-0.4, -0.2) is 58.8 Å². The fourth-order valence-corrected chi connectivity index (χ4v) is 9.79. The zero-order valence-corrected chi connectivity index (χ0v) is 23.6. The van der Waals surface area contributed by atoms with Crippen LogP contribution in [0.15, 0.2) is 18.3 Å². The first-order valence-electron chi connectivity index (χ1n) is 15.0. The molecule has 1 heterocycles. The normalized spacial score (nSPS) is 43.1. The second kappa shape index (κ2) is 9.93. The Morgan fingerprint density at radius 1 is 1.06 bits per heavy atom. The van der Waals surface area contributed by atoms with E-state index in [1.165, 1.54) is 18.5 Å². The van der Waals surface area contributed by atoms with Gasteiger partial charge in [-0.3, -0.25) is 0 Å². The SMILES string of the molecule is CC(c1cccn1OCCCCN(C)C)C1CC[C@@]2(O)[C@@H]3CCC4CC(O)CC[C@]4(C)[C@@H]3CC[C@]12C. The van der Waals surface area contributed by atoms with E-state index >= 15 is 0 Å². The molecule has 5 heteroatoms. The molecule has 4 aliphatic rings. The van der Waals surface area contributed by atoms with Crippen LogP contribution in [0.1, 0.15) is 103 Å². The fourth-order valence-electron chi connectivity index (χ4n) is 9.79. The van der Waals surface area contributed by atoms with Gasteiger partial charge in [0.25, 0.3) is 0 Å². The van der Waals surface area contributed by atoms with E-state index in [9.17, 15) is 10.2 Å². The summed E-state index contributed by atoms with van der Waals surface area (Å²) in [6.07, 6.45) is 13.9. The van der Waals surface area contributed by atoms with Gasteiger partial charge in [-0.15, -0.1) is 0 Å². The summed E-state index contributed by atoms with van der Waals surface area (Å²) in [5.74, 6) is 2.46. The van der Waals surface area contributed by atoms with Gasteiger partial charge in [-0.1, -0.05) is 20.8 Å². The van der Waals surface area contributed by atoms with Gasteiger partial charge in [-0.2, -0.15) is 4.73 Å². The summed E-state index contributed by atoms with van der Waals surface area (Å²) in [4.78, 5) is 8.44. The molecule has 5 nitrogen and oxygen atoms in total. The molecule has 0 saturated heterocycles. The van der Waals surface area contributed by atoms with Gasteiger partial charge in [0.05, 0.1) is 17.4 Å². The third-order valence-electron chi connectivity index (χ3n) is 11.9. The maximum Gasteiger partial charge on any atom is 0.115 e. The molecule has 5 rings (SSSR count). The maximum atomic E-state index is 12.6. The van der Waals surface area contributed by atoms with Gasteiger partial charge in [0.1, 0.15) is 6.61 Å². The monoisotopic (exact) mass is 500 g/mol. The Morgan fingerprint density at radius 3 is 2.64 bits per heavy atom. The highest BCUT2D eigenvalue weighted by atomic mass is 16.7. The van der Waals surface area contributed by atoms with Crippen molar-refractivity contribution in [1.82, 2.24) is 9.63 Å². The molecule has 0 bridgehead atoms. The average molecular weight is 501 g/mol. The summed E-state index contributed by atoms with van der Waals surface area (Å²) in [6.45, 7) is 9.14. The van der Waals surface area contributed by atoms with Gasteiger partial charge in [-0.25, -0.2) is 0 Å². The largest absolute Gasteiger partial charge is 0.414 e. The lowest BCUT2D eigenvalue weighted by atomic mass is 9.43. The summed E-state index contributed by atoms with van der Waals surface area (Å²) in [7, 11) is 4.24. The number of aliphatic hydroxyl groups is 2. The van der Waals surface area contributed by atoms with Crippen LogP contribution in [0.25, 0.3) is 0 Å².